The van der Waals surface area contributed by atoms with E-state index < -0.39 is 11.6 Å². The zero-order valence-electron chi connectivity index (χ0n) is 20.6. The van der Waals surface area contributed by atoms with Crippen LogP contribution in [0.4, 0.5) is 8.78 Å². The normalized spacial score (nSPS) is 18.4. The predicted molar refractivity (Wildman–Crippen MR) is 140 cm³/mol. The van der Waals surface area contributed by atoms with Crippen LogP contribution in [-0.4, -0.2) is 77.9 Å². The Balaban J connectivity index is 1.00. The molecule has 0 unspecified atom stereocenters. The molecule has 2 fully saturated rings. The van der Waals surface area contributed by atoms with E-state index in [0.717, 1.165) is 51.8 Å². The Bertz CT molecular complexity index is 1190. The highest BCUT2D eigenvalue weighted by atomic mass is 19.1. The number of carbonyl (C=O) groups excluding carboxylic acids is 1. The summed E-state index contributed by atoms with van der Waals surface area (Å²) in [6, 6.07) is 11.8. The highest BCUT2D eigenvalue weighted by Crippen LogP contribution is 2.33. The molecule has 0 saturated carbocycles. The van der Waals surface area contributed by atoms with Gasteiger partial charge in [-0.2, -0.15) is 0 Å². The van der Waals surface area contributed by atoms with Crippen LogP contribution in [0.1, 0.15) is 36.3 Å². The number of aromatic amines is 1. The van der Waals surface area contributed by atoms with Crippen molar-refractivity contribution in [3.63, 3.8) is 0 Å². The number of piperazine rings is 1. The zero-order chi connectivity index (χ0) is 24.9. The molecule has 2 aliphatic rings. The number of H-pyrrole nitrogens is 1. The van der Waals surface area contributed by atoms with Crippen LogP contribution in [0.15, 0.2) is 54.7 Å². The van der Waals surface area contributed by atoms with Crippen molar-refractivity contribution >= 4 is 22.9 Å². The lowest BCUT2D eigenvalue weighted by Gasteiger charge is -2.35. The van der Waals surface area contributed by atoms with Crippen molar-refractivity contribution < 1.29 is 13.6 Å². The molecule has 1 amide bonds. The van der Waals surface area contributed by atoms with Gasteiger partial charge in [-0.3, -0.25) is 9.69 Å². The summed E-state index contributed by atoms with van der Waals surface area (Å²) in [5.74, 6) is -0.766. The second-order valence-electron chi connectivity index (χ2n) is 9.96. The van der Waals surface area contributed by atoms with Crippen LogP contribution in [-0.2, 0) is 4.79 Å². The van der Waals surface area contributed by atoms with Gasteiger partial charge >= 0.3 is 0 Å². The molecule has 3 heterocycles. The maximum atomic E-state index is 13.3. The van der Waals surface area contributed by atoms with E-state index in [0.29, 0.717) is 24.6 Å². The lowest BCUT2D eigenvalue weighted by atomic mass is 9.89. The summed E-state index contributed by atoms with van der Waals surface area (Å²) in [7, 11) is 0. The minimum absolute atomic E-state index is 0.114. The van der Waals surface area contributed by atoms with Gasteiger partial charge in [-0.05, 0) is 86.8 Å². The van der Waals surface area contributed by atoms with E-state index in [1.165, 1.54) is 53.6 Å². The molecule has 1 N–H and O–H groups in total. The third-order valence-corrected chi connectivity index (χ3v) is 7.58. The number of piperidine rings is 1. The summed E-state index contributed by atoms with van der Waals surface area (Å²) in [6.07, 6.45) is 8.63. The number of likely N-dealkylation sites (tertiary alicyclic amines) is 1. The molecular weight excluding hydrogens is 458 g/mol. The first-order valence-corrected chi connectivity index (χ1v) is 13.0. The highest BCUT2D eigenvalue weighted by molar-refractivity contribution is 5.91. The molecule has 0 atom stereocenters. The Kier molecular flexibility index (Phi) is 7.78. The summed E-state index contributed by atoms with van der Waals surface area (Å²) in [5.41, 5.74) is 3.05. The monoisotopic (exact) mass is 492 g/mol. The van der Waals surface area contributed by atoms with Crippen molar-refractivity contribution in [2.75, 3.05) is 52.4 Å². The van der Waals surface area contributed by atoms with E-state index >= 15 is 0 Å². The molecule has 5 rings (SSSR count). The molecule has 36 heavy (non-hydrogen) atoms. The summed E-state index contributed by atoms with van der Waals surface area (Å²) in [4.78, 5) is 22.7. The van der Waals surface area contributed by atoms with E-state index in [1.807, 2.05) is 0 Å². The molecule has 0 spiro atoms. The van der Waals surface area contributed by atoms with E-state index in [2.05, 4.69) is 45.2 Å². The number of aromatic nitrogens is 1. The average molecular weight is 493 g/mol. The van der Waals surface area contributed by atoms with Crippen molar-refractivity contribution in [3.05, 3.63) is 77.5 Å². The molecule has 0 bridgehead atoms. The van der Waals surface area contributed by atoms with E-state index in [-0.39, 0.29) is 5.91 Å². The van der Waals surface area contributed by atoms with Crippen LogP contribution in [0, 0.1) is 11.6 Å². The minimum Gasteiger partial charge on any atom is -0.361 e. The van der Waals surface area contributed by atoms with Gasteiger partial charge in [0.25, 0.3) is 0 Å². The Morgan fingerprint density at radius 2 is 1.58 bits per heavy atom. The van der Waals surface area contributed by atoms with Crippen molar-refractivity contribution in [3.8, 4) is 0 Å². The van der Waals surface area contributed by atoms with Gasteiger partial charge in [0, 0.05) is 55.4 Å². The summed E-state index contributed by atoms with van der Waals surface area (Å²) in [5, 5.41) is 1.37. The molecule has 0 radical (unpaired) electrons. The van der Waals surface area contributed by atoms with E-state index in [1.54, 1.807) is 4.90 Å². The predicted octanol–water partition coefficient (Wildman–Crippen LogP) is 4.87. The summed E-state index contributed by atoms with van der Waals surface area (Å²) < 4.78 is 26.6. The molecule has 5 nitrogen and oxygen atoms in total. The number of amides is 1. The SMILES string of the molecule is O=C(/C=C/c1cc(F)cc(F)c1)N1CCN(CCCN2CCC(c3c[nH]c4ccccc34)CC2)CC1. The number of para-hydroxylation sites is 1. The van der Waals surface area contributed by atoms with Gasteiger partial charge in [0.1, 0.15) is 11.6 Å². The molecule has 3 aromatic rings. The Hall–Kier alpha value is -3.03. The number of rotatable bonds is 7. The van der Waals surface area contributed by atoms with Gasteiger partial charge in [-0.25, -0.2) is 8.78 Å². The summed E-state index contributed by atoms with van der Waals surface area (Å²) in [6.45, 7) is 7.53. The molecule has 2 saturated heterocycles. The van der Waals surface area contributed by atoms with Crippen LogP contribution < -0.4 is 0 Å². The number of nitrogens with one attached hydrogen (secondary N) is 1. The van der Waals surface area contributed by atoms with Gasteiger partial charge < -0.3 is 14.8 Å². The number of fused-ring (bicyclic) bond motifs is 1. The second kappa shape index (κ2) is 11.4. The van der Waals surface area contributed by atoms with Gasteiger partial charge in [0.05, 0.1) is 0 Å². The van der Waals surface area contributed by atoms with E-state index in [9.17, 15) is 13.6 Å². The molecule has 7 heteroatoms. The lowest BCUT2D eigenvalue weighted by molar-refractivity contribution is -0.127. The second-order valence-corrected chi connectivity index (χ2v) is 9.96. The molecule has 190 valence electrons. The Labute approximate surface area is 211 Å². The van der Waals surface area contributed by atoms with Crippen molar-refractivity contribution in [1.82, 2.24) is 19.7 Å². The highest BCUT2D eigenvalue weighted by Gasteiger charge is 2.23. The fraction of sp³-hybridized carbons (Fsp3) is 0.414. The maximum absolute atomic E-state index is 13.3. The van der Waals surface area contributed by atoms with Gasteiger partial charge in [-0.15, -0.1) is 0 Å². The topological polar surface area (TPSA) is 42.6 Å². The van der Waals surface area contributed by atoms with Gasteiger partial charge in [0.2, 0.25) is 5.91 Å². The number of benzene rings is 2. The molecular formula is C29H34F2N4O. The van der Waals surface area contributed by atoms with Crippen molar-refractivity contribution in [1.29, 1.82) is 0 Å². The first kappa shape index (κ1) is 24.7. The van der Waals surface area contributed by atoms with Crippen LogP contribution >= 0.6 is 0 Å². The molecule has 0 aliphatic carbocycles. The van der Waals surface area contributed by atoms with Gasteiger partial charge in [-0.1, -0.05) is 18.2 Å². The van der Waals surface area contributed by atoms with Crippen LogP contribution in [0.25, 0.3) is 17.0 Å². The zero-order valence-corrected chi connectivity index (χ0v) is 20.6. The number of hydrogen-bond acceptors (Lipinski definition) is 3. The van der Waals surface area contributed by atoms with Crippen LogP contribution in [0.3, 0.4) is 0 Å². The maximum Gasteiger partial charge on any atom is 0.246 e. The quantitative estimate of drug-likeness (QED) is 0.479. The minimum atomic E-state index is -0.644. The number of nitrogens with zero attached hydrogens (tertiary/aromatic N) is 3. The fourth-order valence-electron chi connectivity index (χ4n) is 5.55. The number of carbonyl (C=O) groups is 1. The van der Waals surface area contributed by atoms with Crippen molar-refractivity contribution in [2.45, 2.75) is 25.2 Å². The van der Waals surface area contributed by atoms with E-state index in [4.69, 9.17) is 0 Å². The molecule has 1 aromatic heterocycles. The third-order valence-electron chi connectivity index (χ3n) is 7.58. The standard InChI is InChI=1S/C29H34F2N4O/c30-24-18-22(19-25(31)20-24)6-7-29(36)35-16-14-34(15-17-35)11-3-10-33-12-8-23(9-13-33)27-21-32-28-5-2-1-4-26(27)28/h1-2,4-7,18-21,23,32H,3,8-17H2/b7-6+. The third kappa shape index (κ3) is 6.02. The Morgan fingerprint density at radius 3 is 2.31 bits per heavy atom. The van der Waals surface area contributed by atoms with Crippen LogP contribution in [0.5, 0.6) is 0 Å². The van der Waals surface area contributed by atoms with Gasteiger partial charge in [0.15, 0.2) is 0 Å². The number of halogens is 2. The number of hydrogen-bond donors (Lipinski definition) is 1. The molecule has 2 aromatic carbocycles. The fourth-order valence-corrected chi connectivity index (χ4v) is 5.55. The largest absolute Gasteiger partial charge is 0.361 e. The Morgan fingerprint density at radius 1 is 0.917 bits per heavy atom. The average Bonchev–Trinajstić information content (AvgIpc) is 3.32. The first-order valence-electron chi connectivity index (χ1n) is 13.0. The molecule has 2 aliphatic heterocycles. The lowest BCUT2D eigenvalue weighted by Crippen LogP contribution is -2.48. The van der Waals surface area contributed by atoms with Crippen LogP contribution in [0.2, 0.25) is 0 Å². The smallest absolute Gasteiger partial charge is 0.246 e. The van der Waals surface area contributed by atoms with Crippen molar-refractivity contribution in [2.24, 2.45) is 0 Å². The summed E-state index contributed by atoms with van der Waals surface area (Å²) >= 11 is 0. The first-order chi connectivity index (χ1) is 17.5.